The summed E-state index contributed by atoms with van der Waals surface area (Å²) in [6, 6.07) is 0.705. The maximum absolute atomic E-state index is 4.56. The van der Waals surface area contributed by atoms with Gasteiger partial charge in [-0.3, -0.25) is 9.89 Å². The van der Waals surface area contributed by atoms with Crippen LogP contribution in [0.5, 0.6) is 0 Å². The Bertz CT molecular complexity index is 430. The van der Waals surface area contributed by atoms with Crippen molar-refractivity contribution in [1.82, 2.24) is 15.1 Å². The van der Waals surface area contributed by atoms with E-state index in [1.54, 1.807) is 0 Å². The average molecular weight is 302 g/mol. The Labute approximate surface area is 134 Å². The molecule has 0 bridgehead atoms. The summed E-state index contributed by atoms with van der Waals surface area (Å²) in [6.45, 7) is 5.71. The molecule has 0 aromatic rings. The summed E-state index contributed by atoms with van der Waals surface area (Å²) in [5, 5.41) is 3.71. The van der Waals surface area contributed by atoms with Crippen molar-refractivity contribution >= 4 is 5.96 Å². The van der Waals surface area contributed by atoms with Crippen LogP contribution >= 0.6 is 0 Å². The summed E-state index contributed by atoms with van der Waals surface area (Å²) >= 11 is 0. The Kier molecular flexibility index (Phi) is 4.12. The van der Waals surface area contributed by atoms with Gasteiger partial charge in [0.1, 0.15) is 0 Å². The summed E-state index contributed by atoms with van der Waals surface area (Å²) < 4.78 is 0. The lowest BCUT2D eigenvalue weighted by molar-refractivity contribution is 0.259. The van der Waals surface area contributed by atoms with Crippen LogP contribution in [0.1, 0.15) is 32.1 Å². The highest BCUT2D eigenvalue weighted by atomic mass is 15.3. The highest BCUT2D eigenvalue weighted by Crippen LogP contribution is 2.48. The maximum Gasteiger partial charge on any atom is 0.193 e. The Balaban J connectivity index is 1.28. The molecule has 4 heteroatoms. The van der Waals surface area contributed by atoms with E-state index in [0.29, 0.717) is 6.04 Å². The first-order chi connectivity index (χ1) is 10.8. The number of aliphatic imine (C=N–C) groups is 1. The molecule has 3 fully saturated rings. The van der Waals surface area contributed by atoms with Crippen LogP contribution in [-0.4, -0.2) is 61.6 Å². The van der Waals surface area contributed by atoms with E-state index < -0.39 is 0 Å². The SMILES string of the molecule is CN=C(NCC(C1CC1)C1CC1)N1CCC(N2CC=CC2)C1. The van der Waals surface area contributed by atoms with Gasteiger partial charge in [-0.15, -0.1) is 0 Å². The van der Waals surface area contributed by atoms with Gasteiger partial charge >= 0.3 is 0 Å². The van der Waals surface area contributed by atoms with Gasteiger partial charge in [0, 0.05) is 45.8 Å². The first-order valence-electron chi connectivity index (χ1n) is 9.20. The minimum absolute atomic E-state index is 0.705. The van der Waals surface area contributed by atoms with Gasteiger partial charge < -0.3 is 10.2 Å². The highest BCUT2D eigenvalue weighted by molar-refractivity contribution is 5.80. The number of hydrogen-bond acceptors (Lipinski definition) is 2. The second-order valence-corrected chi connectivity index (χ2v) is 7.58. The van der Waals surface area contributed by atoms with Crippen molar-refractivity contribution < 1.29 is 0 Å². The van der Waals surface area contributed by atoms with E-state index in [0.717, 1.165) is 56.4 Å². The molecule has 0 spiro atoms. The zero-order valence-corrected chi connectivity index (χ0v) is 13.9. The van der Waals surface area contributed by atoms with Gasteiger partial charge in [0.15, 0.2) is 5.96 Å². The molecule has 1 atom stereocenters. The first kappa shape index (κ1) is 14.6. The number of nitrogens with one attached hydrogen (secondary N) is 1. The molecule has 1 unspecified atom stereocenters. The maximum atomic E-state index is 4.56. The van der Waals surface area contributed by atoms with E-state index in [2.05, 4.69) is 32.3 Å². The quantitative estimate of drug-likeness (QED) is 0.478. The number of likely N-dealkylation sites (tertiary alicyclic amines) is 1. The molecule has 0 radical (unpaired) electrons. The lowest BCUT2D eigenvalue weighted by atomic mass is 9.98. The van der Waals surface area contributed by atoms with E-state index >= 15 is 0 Å². The number of rotatable bonds is 5. The predicted molar refractivity (Wildman–Crippen MR) is 91.0 cm³/mol. The lowest BCUT2D eigenvalue weighted by Crippen LogP contribution is -2.44. The zero-order valence-electron chi connectivity index (χ0n) is 13.9. The molecule has 22 heavy (non-hydrogen) atoms. The van der Waals surface area contributed by atoms with Gasteiger partial charge in [-0.25, -0.2) is 0 Å². The molecule has 0 amide bonds. The molecule has 2 aliphatic heterocycles. The number of hydrogen-bond donors (Lipinski definition) is 1. The van der Waals surface area contributed by atoms with Crippen molar-refractivity contribution in [2.24, 2.45) is 22.7 Å². The molecular weight excluding hydrogens is 272 g/mol. The topological polar surface area (TPSA) is 30.9 Å². The molecule has 4 aliphatic rings. The van der Waals surface area contributed by atoms with Crippen molar-refractivity contribution in [3.63, 3.8) is 0 Å². The Morgan fingerprint density at radius 2 is 1.82 bits per heavy atom. The molecule has 4 nitrogen and oxygen atoms in total. The van der Waals surface area contributed by atoms with E-state index in [9.17, 15) is 0 Å². The fraction of sp³-hybridized carbons (Fsp3) is 0.833. The normalized spacial score (nSPS) is 29.8. The van der Waals surface area contributed by atoms with E-state index in [1.807, 2.05) is 7.05 Å². The Hall–Kier alpha value is -1.03. The third kappa shape index (κ3) is 3.17. The molecule has 2 heterocycles. The molecule has 4 rings (SSSR count). The Morgan fingerprint density at radius 3 is 2.41 bits per heavy atom. The average Bonchev–Trinajstić information content (AvgIpc) is 3.44. The first-order valence-corrected chi connectivity index (χ1v) is 9.20. The van der Waals surface area contributed by atoms with Crippen LogP contribution in [0.4, 0.5) is 0 Å². The van der Waals surface area contributed by atoms with Crippen molar-refractivity contribution in [3.05, 3.63) is 12.2 Å². The lowest BCUT2D eigenvalue weighted by Gasteiger charge is -2.26. The number of nitrogens with zero attached hydrogens (tertiary/aromatic N) is 3. The van der Waals surface area contributed by atoms with Crippen LogP contribution in [0, 0.1) is 17.8 Å². The fourth-order valence-corrected chi connectivity index (χ4v) is 4.33. The predicted octanol–water partition coefficient (Wildman–Crippen LogP) is 1.94. The molecule has 1 N–H and O–H groups in total. The van der Waals surface area contributed by atoms with Gasteiger partial charge in [0.05, 0.1) is 0 Å². The van der Waals surface area contributed by atoms with Crippen molar-refractivity contribution in [2.75, 3.05) is 39.8 Å². The van der Waals surface area contributed by atoms with Gasteiger partial charge in [-0.1, -0.05) is 12.2 Å². The summed E-state index contributed by atoms with van der Waals surface area (Å²) in [7, 11) is 1.94. The van der Waals surface area contributed by atoms with Crippen molar-refractivity contribution in [3.8, 4) is 0 Å². The summed E-state index contributed by atoms with van der Waals surface area (Å²) in [5.74, 6) is 4.08. The summed E-state index contributed by atoms with van der Waals surface area (Å²) in [4.78, 5) is 9.62. The van der Waals surface area contributed by atoms with E-state index in [4.69, 9.17) is 0 Å². The molecular formula is C18H30N4. The second-order valence-electron chi connectivity index (χ2n) is 7.58. The smallest absolute Gasteiger partial charge is 0.193 e. The number of guanidine groups is 1. The largest absolute Gasteiger partial charge is 0.356 e. The van der Waals surface area contributed by atoms with E-state index in [-0.39, 0.29) is 0 Å². The Morgan fingerprint density at radius 1 is 1.14 bits per heavy atom. The van der Waals surface area contributed by atoms with Crippen LogP contribution in [0.25, 0.3) is 0 Å². The van der Waals surface area contributed by atoms with Gasteiger partial charge in [0.2, 0.25) is 0 Å². The molecule has 0 aromatic heterocycles. The van der Waals surface area contributed by atoms with Crippen LogP contribution in [0.2, 0.25) is 0 Å². The van der Waals surface area contributed by atoms with Crippen molar-refractivity contribution in [2.45, 2.75) is 38.1 Å². The van der Waals surface area contributed by atoms with Crippen molar-refractivity contribution in [1.29, 1.82) is 0 Å². The van der Waals surface area contributed by atoms with Gasteiger partial charge in [-0.2, -0.15) is 0 Å². The molecule has 2 aliphatic carbocycles. The second kappa shape index (κ2) is 6.23. The molecule has 2 saturated carbocycles. The molecule has 122 valence electrons. The monoisotopic (exact) mass is 302 g/mol. The van der Waals surface area contributed by atoms with Gasteiger partial charge in [0.25, 0.3) is 0 Å². The minimum Gasteiger partial charge on any atom is -0.356 e. The van der Waals surface area contributed by atoms with Crippen LogP contribution < -0.4 is 5.32 Å². The fourth-order valence-electron chi connectivity index (χ4n) is 4.33. The van der Waals surface area contributed by atoms with Crippen LogP contribution in [-0.2, 0) is 0 Å². The van der Waals surface area contributed by atoms with Crippen LogP contribution in [0.15, 0.2) is 17.1 Å². The van der Waals surface area contributed by atoms with Crippen LogP contribution in [0.3, 0.4) is 0 Å². The van der Waals surface area contributed by atoms with E-state index in [1.165, 1.54) is 32.1 Å². The standard InChI is InChI=1S/C18H30N4/c1-19-18(20-12-17(14-4-5-14)15-6-7-15)22-11-8-16(13-22)21-9-2-3-10-21/h2-3,14-17H,4-13H2,1H3,(H,19,20). The zero-order chi connectivity index (χ0) is 14.9. The summed E-state index contributed by atoms with van der Waals surface area (Å²) in [6.07, 6.45) is 11.7. The highest BCUT2D eigenvalue weighted by Gasteiger charge is 2.41. The molecule has 0 aromatic carbocycles. The minimum atomic E-state index is 0.705. The third-order valence-corrected chi connectivity index (χ3v) is 5.99. The van der Waals surface area contributed by atoms with Gasteiger partial charge in [-0.05, 0) is 49.9 Å². The summed E-state index contributed by atoms with van der Waals surface area (Å²) in [5.41, 5.74) is 0. The third-order valence-electron chi connectivity index (χ3n) is 5.99. The molecule has 1 saturated heterocycles.